The van der Waals surface area contributed by atoms with Crippen molar-refractivity contribution in [3.8, 4) is 0 Å². The van der Waals surface area contributed by atoms with Gasteiger partial charge in [0.1, 0.15) is 36.0 Å². The summed E-state index contributed by atoms with van der Waals surface area (Å²) in [5.41, 5.74) is 35.4. The number of carbonyl (C=O) groups is 6. The summed E-state index contributed by atoms with van der Waals surface area (Å²) in [5, 5.41) is 13.5. The van der Waals surface area contributed by atoms with E-state index in [1.807, 2.05) is 19.9 Å². The minimum Gasteiger partial charge on any atom is -0.370 e. The number of hydrogen-bond donors (Lipinski definition) is 11. The third-order valence-corrected chi connectivity index (χ3v) is 9.76. The van der Waals surface area contributed by atoms with Crippen LogP contribution in [0.15, 0.2) is 94.9 Å². The van der Waals surface area contributed by atoms with Gasteiger partial charge in [0.2, 0.25) is 35.4 Å². The molecule has 0 radical (unpaired) electrons. The van der Waals surface area contributed by atoms with Crippen molar-refractivity contribution >= 4 is 59.1 Å². The van der Waals surface area contributed by atoms with E-state index in [0.29, 0.717) is 23.2 Å². The molecule has 0 unspecified atom stereocenters. The molecule has 65 heavy (non-hydrogen) atoms. The Morgan fingerprint density at radius 3 is 1.68 bits per heavy atom. The summed E-state index contributed by atoms with van der Waals surface area (Å²) < 4.78 is 13.9. The first-order valence-electron chi connectivity index (χ1n) is 21.2. The van der Waals surface area contributed by atoms with Crippen LogP contribution in [0.5, 0.6) is 0 Å². The van der Waals surface area contributed by atoms with Crippen LogP contribution < -0.4 is 61.0 Å². The molecule has 3 aromatic rings. The minimum absolute atomic E-state index is 0.0370. The Balaban J connectivity index is 1.97. The third-order valence-electron chi connectivity index (χ3n) is 9.76. The number of halogens is 1. The lowest BCUT2D eigenvalue weighted by Crippen LogP contribution is -2.59. The van der Waals surface area contributed by atoms with Crippen molar-refractivity contribution in [1.29, 1.82) is 0 Å². The van der Waals surface area contributed by atoms with Crippen molar-refractivity contribution in [2.45, 2.75) is 89.0 Å². The molecule has 17 N–H and O–H groups in total. The van der Waals surface area contributed by atoms with Gasteiger partial charge in [-0.05, 0) is 91.6 Å². The average molecular weight is 900 g/mol. The molecule has 0 aliphatic rings. The fraction of sp³-hybridized carbons (Fsp3) is 0.378. The Bertz CT molecular complexity index is 2130. The molecule has 6 amide bonds. The minimum atomic E-state index is -1.34. The van der Waals surface area contributed by atoms with Gasteiger partial charge in [0.05, 0.1) is 5.69 Å². The van der Waals surface area contributed by atoms with E-state index in [1.165, 1.54) is 30.3 Å². The molecule has 20 heteroatoms. The molecule has 0 saturated heterocycles. The normalized spacial score (nSPS) is 13.3. The van der Waals surface area contributed by atoms with Gasteiger partial charge in [-0.1, -0.05) is 68.4 Å². The van der Waals surface area contributed by atoms with E-state index in [2.05, 4.69) is 36.6 Å². The van der Waals surface area contributed by atoms with Crippen molar-refractivity contribution in [2.75, 3.05) is 13.1 Å². The van der Waals surface area contributed by atoms with Gasteiger partial charge in [0, 0.05) is 25.5 Å². The smallest absolute Gasteiger partial charge is 0.244 e. The number of nitrogens with zero attached hydrogens (tertiary/aromatic N) is 2. The molecule has 3 aromatic carbocycles. The Morgan fingerprint density at radius 2 is 1.12 bits per heavy atom. The van der Waals surface area contributed by atoms with E-state index < -0.39 is 71.5 Å². The van der Waals surface area contributed by atoms with Crippen molar-refractivity contribution in [2.24, 2.45) is 50.3 Å². The Labute approximate surface area is 377 Å². The number of nitrogens with two attached hydrogens (primary N) is 6. The molecule has 0 heterocycles. The predicted molar refractivity (Wildman–Crippen MR) is 248 cm³/mol. The number of rotatable bonds is 26. The monoisotopic (exact) mass is 899 g/mol. The molecule has 0 fully saturated rings. The van der Waals surface area contributed by atoms with Gasteiger partial charge in [-0.2, -0.15) is 0 Å². The molecule has 0 saturated carbocycles. The molecular formula is C45H62FN13O6. The van der Waals surface area contributed by atoms with Crippen LogP contribution in [0.2, 0.25) is 0 Å². The van der Waals surface area contributed by atoms with Crippen LogP contribution in [0.4, 0.5) is 10.1 Å². The standard InChI is InChI=1S/C45H62FN13O6/c1-27(2)24-35(41(63)57-34(11-7-23-53-44(49)50)40(62)56-33(39(48)61)10-6-22-47)58-43(65)37(26-30-14-19-32(20-15-30)54-45(51)52)59-42(64)36(25-29-12-17-31(46)18-13-29)55-38(60)21-16-28-8-4-3-5-9-28/h3-5,8-9,12-21,27,33-37H,6-7,10-11,22-26,47H2,1-2H3,(H2,48,61)(H,55,60)(H,56,62)(H,57,63)(H,58,65)(H,59,64)(H4,49,50,53)(H4,51,52,54)/b21-16+/t33-,34-,35-,36-,37-/m0/s1. The highest BCUT2D eigenvalue weighted by Crippen LogP contribution is 2.16. The maximum absolute atomic E-state index is 14.4. The van der Waals surface area contributed by atoms with Crippen molar-refractivity contribution in [1.82, 2.24) is 26.6 Å². The lowest BCUT2D eigenvalue weighted by molar-refractivity contribution is -0.135. The first-order valence-corrected chi connectivity index (χ1v) is 21.2. The summed E-state index contributed by atoms with van der Waals surface area (Å²) in [5.74, 6) is -5.36. The zero-order valence-electron chi connectivity index (χ0n) is 36.7. The number of nitrogens with one attached hydrogen (secondary N) is 5. The second kappa shape index (κ2) is 27.0. The summed E-state index contributed by atoms with van der Waals surface area (Å²) >= 11 is 0. The van der Waals surface area contributed by atoms with E-state index >= 15 is 0 Å². The zero-order valence-corrected chi connectivity index (χ0v) is 36.7. The highest BCUT2D eigenvalue weighted by Gasteiger charge is 2.33. The van der Waals surface area contributed by atoms with Crippen LogP contribution in [-0.2, 0) is 41.6 Å². The first-order chi connectivity index (χ1) is 30.9. The number of carbonyl (C=O) groups excluding carboxylic acids is 6. The van der Waals surface area contributed by atoms with E-state index in [-0.39, 0.29) is 69.5 Å². The van der Waals surface area contributed by atoms with Crippen molar-refractivity contribution in [3.05, 3.63) is 107 Å². The highest BCUT2D eigenvalue weighted by atomic mass is 19.1. The molecule has 0 spiro atoms. The second-order valence-electron chi connectivity index (χ2n) is 15.7. The largest absolute Gasteiger partial charge is 0.370 e. The molecule has 0 aromatic heterocycles. The molecule has 0 aliphatic carbocycles. The van der Waals surface area contributed by atoms with Crippen LogP contribution in [-0.4, -0.2) is 90.7 Å². The molecule has 5 atom stereocenters. The molecule has 3 rings (SSSR count). The van der Waals surface area contributed by atoms with Gasteiger partial charge in [-0.25, -0.2) is 9.38 Å². The van der Waals surface area contributed by atoms with Crippen LogP contribution in [0.25, 0.3) is 6.08 Å². The number of amides is 6. The van der Waals surface area contributed by atoms with Crippen molar-refractivity contribution < 1.29 is 33.2 Å². The molecule has 0 aliphatic heterocycles. The summed E-state index contributed by atoms with van der Waals surface area (Å²) in [6.07, 6.45) is 3.60. The van der Waals surface area contributed by atoms with E-state index in [9.17, 15) is 33.2 Å². The summed E-state index contributed by atoms with van der Waals surface area (Å²) in [4.78, 5) is 89.8. The van der Waals surface area contributed by atoms with Crippen LogP contribution in [0.3, 0.4) is 0 Å². The van der Waals surface area contributed by atoms with Gasteiger partial charge in [-0.3, -0.25) is 33.8 Å². The molecule has 350 valence electrons. The maximum Gasteiger partial charge on any atom is 0.244 e. The van der Waals surface area contributed by atoms with Gasteiger partial charge in [-0.15, -0.1) is 0 Å². The quantitative estimate of drug-likeness (QED) is 0.0220. The van der Waals surface area contributed by atoms with Crippen LogP contribution in [0.1, 0.15) is 62.6 Å². The van der Waals surface area contributed by atoms with E-state index in [0.717, 1.165) is 5.56 Å². The second-order valence-corrected chi connectivity index (χ2v) is 15.7. The average Bonchev–Trinajstić information content (AvgIpc) is 3.25. The lowest BCUT2D eigenvalue weighted by Gasteiger charge is -2.28. The summed E-state index contributed by atoms with van der Waals surface area (Å²) in [6, 6.07) is 14.8. The number of primary amides is 1. The fourth-order valence-electron chi connectivity index (χ4n) is 6.49. The van der Waals surface area contributed by atoms with Crippen LogP contribution in [0, 0.1) is 11.7 Å². The van der Waals surface area contributed by atoms with Gasteiger partial charge < -0.3 is 61.0 Å². The van der Waals surface area contributed by atoms with Crippen LogP contribution >= 0.6 is 0 Å². The number of benzene rings is 3. The summed E-state index contributed by atoms with van der Waals surface area (Å²) in [7, 11) is 0. The van der Waals surface area contributed by atoms with Gasteiger partial charge >= 0.3 is 0 Å². The summed E-state index contributed by atoms with van der Waals surface area (Å²) in [6.45, 7) is 4.02. The first kappa shape index (κ1) is 52.0. The fourth-order valence-corrected chi connectivity index (χ4v) is 6.49. The third kappa shape index (κ3) is 19.7. The lowest BCUT2D eigenvalue weighted by atomic mass is 9.99. The SMILES string of the molecule is CC(C)C[C@H](NC(=O)[C@H](Cc1ccc(N=C(N)N)cc1)NC(=O)[C@H](Cc1ccc(F)cc1)NC(=O)/C=C/c1ccccc1)C(=O)N[C@@H](CCCN=C(N)N)C(=O)N[C@@H](CCCN)C(N)=O. The topological polar surface area (TPSA) is 343 Å². The predicted octanol–water partition coefficient (Wildman–Crippen LogP) is -0.0229. The van der Waals surface area contributed by atoms with Crippen molar-refractivity contribution in [3.63, 3.8) is 0 Å². The zero-order chi connectivity index (χ0) is 47.9. The molecule has 0 bridgehead atoms. The molecule has 19 nitrogen and oxygen atoms in total. The number of hydrogen-bond acceptors (Lipinski definition) is 9. The van der Waals surface area contributed by atoms with Gasteiger partial charge in [0.15, 0.2) is 11.9 Å². The van der Waals surface area contributed by atoms with E-state index in [1.54, 1.807) is 54.6 Å². The maximum atomic E-state index is 14.4. The Kier molecular flexibility index (Phi) is 21.6. The number of aliphatic imine (C=N–C) groups is 2. The molecular weight excluding hydrogens is 838 g/mol. The van der Waals surface area contributed by atoms with E-state index in [4.69, 9.17) is 34.4 Å². The highest BCUT2D eigenvalue weighted by molar-refractivity contribution is 5.98. The Hall–Kier alpha value is -7.35. The van der Waals surface area contributed by atoms with Gasteiger partial charge in [0.25, 0.3) is 0 Å². The Morgan fingerprint density at radius 1 is 0.615 bits per heavy atom. The number of guanidine groups is 2.